The molecular weight excluding hydrogens is 358 g/mol. The lowest BCUT2D eigenvalue weighted by Gasteiger charge is -2.25. The summed E-state index contributed by atoms with van der Waals surface area (Å²) in [5.74, 6) is 0.806. The van der Waals surface area contributed by atoms with Gasteiger partial charge in [-0.15, -0.1) is 0 Å². The van der Waals surface area contributed by atoms with E-state index in [1.807, 2.05) is 30.3 Å². The van der Waals surface area contributed by atoms with E-state index in [2.05, 4.69) is 4.98 Å². The molecule has 0 fully saturated rings. The summed E-state index contributed by atoms with van der Waals surface area (Å²) in [5.41, 5.74) is 6.14. The third-order valence-electron chi connectivity index (χ3n) is 4.65. The fraction of sp³-hybridized carbons (Fsp3) is 0.333. The van der Waals surface area contributed by atoms with Crippen LogP contribution in [0.1, 0.15) is 25.7 Å². The van der Waals surface area contributed by atoms with Gasteiger partial charge in [-0.25, -0.2) is 4.98 Å². The second kappa shape index (κ2) is 8.10. The van der Waals surface area contributed by atoms with Gasteiger partial charge in [0.25, 0.3) is 5.56 Å². The van der Waals surface area contributed by atoms with Crippen molar-refractivity contribution in [2.75, 3.05) is 19.8 Å². The Hall–Kier alpha value is -2.74. The molecule has 0 spiro atoms. The number of hydrogen-bond donors (Lipinski definition) is 3. The van der Waals surface area contributed by atoms with Crippen molar-refractivity contribution in [2.24, 2.45) is 11.1 Å². The molecule has 0 bridgehead atoms. The molecule has 7 heteroatoms. The molecule has 28 heavy (non-hydrogen) atoms. The number of aliphatic hydroxyl groups excluding tert-OH is 2. The highest BCUT2D eigenvalue weighted by Crippen LogP contribution is 2.26. The maximum absolute atomic E-state index is 13.4. The predicted molar refractivity (Wildman–Crippen MR) is 108 cm³/mol. The largest absolute Gasteiger partial charge is 0.492 e. The Balaban J connectivity index is 2.20. The zero-order valence-corrected chi connectivity index (χ0v) is 16.0. The number of rotatable bonds is 7. The lowest BCUT2D eigenvalue weighted by Crippen LogP contribution is -2.33. The molecule has 7 nitrogen and oxygen atoms in total. The van der Waals surface area contributed by atoms with Crippen LogP contribution in [0.2, 0.25) is 0 Å². The number of ether oxygens (including phenoxy) is 1. The first-order chi connectivity index (χ1) is 13.4. The Bertz CT molecular complexity index is 1010. The molecule has 2 aromatic carbocycles. The molecule has 3 rings (SSSR count). The minimum absolute atomic E-state index is 0.0545. The molecule has 0 aliphatic carbocycles. The Morgan fingerprint density at radius 3 is 2.43 bits per heavy atom. The fourth-order valence-corrected chi connectivity index (χ4v) is 2.86. The second-order valence-electron chi connectivity index (χ2n) is 7.30. The van der Waals surface area contributed by atoms with Crippen LogP contribution in [0.3, 0.4) is 0 Å². The summed E-state index contributed by atoms with van der Waals surface area (Å²) in [6.45, 7) is 3.05. The number of nitrogens with two attached hydrogens (primary N) is 1. The number of hydrogen-bond acceptors (Lipinski definition) is 6. The maximum Gasteiger partial charge on any atom is 0.269 e. The van der Waals surface area contributed by atoms with Crippen molar-refractivity contribution < 1.29 is 14.9 Å². The third kappa shape index (κ3) is 3.77. The van der Waals surface area contributed by atoms with Crippen molar-refractivity contribution in [1.82, 2.24) is 9.55 Å². The Morgan fingerprint density at radius 1 is 1.14 bits per heavy atom. The number of fused-ring (bicyclic) bond motifs is 1. The molecule has 0 saturated heterocycles. The average Bonchev–Trinajstić information content (AvgIpc) is 2.72. The van der Waals surface area contributed by atoms with Gasteiger partial charge in [-0.05, 0) is 31.2 Å². The standard InChI is InChI=1S/C21H25N3O4/c1-14(22)19-23-16-9-6-10-17(28-13-21(2,11-25)12-26)18(16)20(27)24(19)15-7-4-3-5-8-15/h3-10,14,25-26H,11-13,22H2,1-2H3. The monoisotopic (exact) mass is 383 g/mol. The molecule has 1 unspecified atom stereocenters. The smallest absolute Gasteiger partial charge is 0.269 e. The van der Waals surface area contributed by atoms with Gasteiger partial charge in [0.2, 0.25) is 0 Å². The van der Waals surface area contributed by atoms with Gasteiger partial charge in [0, 0.05) is 5.41 Å². The molecule has 0 radical (unpaired) electrons. The van der Waals surface area contributed by atoms with E-state index >= 15 is 0 Å². The number of nitrogens with zero attached hydrogens (tertiary/aromatic N) is 2. The quantitative estimate of drug-likeness (QED) is 0.574. The van der Waals surface area contributed by atoms with Crippen LogP contribution in [0.25, 0.3) is 16.6 Å². The van der Waals surface area contributed by atoms with Crippen LogP contribution in [-0.4, -0.2) is 39.6 Å². The number of aromatic nitrogens is 2. The van der Waals surface area contributed by atoms with Crippen molar-refractivity contribution in [3.63, 3.8) is 0 Å². The summed E-state index contributed by atoms with van der Waals surface area (Å²) in [6, 6.07) is 13.9. The van der Waals surface area contributed by atoms with E-state index in [1.165, 1.54) is 4.57 Å². The molecule has 0 aliphatic heterocycles. The minimum atomic E-state index is -0.820. The highest BCUT2D eigenvalue weighted by atomic mass is 16.5. The van der Waals surface area contributed by atoms with E-state index in [1.54, 1.807) is 32.0 Å². The van der Waals surface area contributed by atoms with Gasteiger partial charge in [-0.2, -0.15) is 0 Å². The van der Waals surface area contributed by atoms with Crippen molar-refractivity contribution in [3.05, 3.63) is 64.7 Å². The highest BCUT2D eigenvalue weighted by Gasteiger charge is 2.25. The summed E-state index contributed by atoms with van der Waals surface area (Å²) in [7, 11) is 0. The SMILES string of the molecule is CC(N)c1nc2cccc(OCC(C)(CO)CO)c2c(=O)n1-c1ccccc1. The topological polar surface area (TPSA) is 111 Å². The van der Waals surface area contributed by atoms with Crippen molar-refractivity contribution in [3.8, 4) is 11.4 Å². The predicted octanol–water partition coefficient (Wildman–Crippen LogP) is 1.78. The van der Waals surface area contributed by atoms with E-state index in [4.69, 9.17) is 10.5 Å². The number of aliphatic hydroxyl groups is 2. The first kappa shape index (κ1) is 20.0. The molecule has 1 heterocycles. The molecule has 4 N–H and O–H groups in total. The van der Waals surface area contributed by atoms with Crippen molar-refractivity contribution in [1.29, 1.82) is 0 Å². The third-order valence-corrected chi connectivity index (χ3v) is 4.65. The van der Waals surface area contributed by atoms with Crippen LogP contribution >= 0.6 is 0 Å². The molecule has 148 valence electrons. The van der Waals surface area contributed by atoms with Gasteiger partial charge >= 0.3 is 0 Å². The molecule has 1 atom stereocenters. The second-order valence-corrected chi connectivity index (χ2v) is 7.30. The zero-order valence-electron chi connectivity index (χ0n) is 16.0. The van der Waals surface area contributed by atoms with Crippen LogP contribution in [0.15, 0.2) is 53.3 Å². The van der Waals surface area contributed by atoms with Crippen LogP contribution in [0.5, 0.6) is 5.75 Å². The number of para-hydroxylation sites is 1. The maximum atomic E-state index is 13.4. The van der Waals surface area contributed by atoms with Gasteiger partial charge in [-0.1, -0.05) is 31.2 Å². The normalized spacial score (nSPS) is 12.9. The van der Waals surface area contributed by atoms with Crippen LogP contribution in [-0.2, 0) is 0 Å². The van der Waals surface area contributed by atoms with E-state index in [-0.39, 0.29) is 25.4 Å². The number of benzene rings is 2. The van der Waals surface area contributed by atoms with Crippen molar-refractivity contribution >= 4 is 10.9 Å². The van der Waals surface area contributed by atoms with E-state index in [9.17, 15) is 15.0 Å². The molecule has 0 aliphatic rings. The summed E-state index contributed by atoms with van der Waals surface area (Å²) in [5, 5.41) is 19.3. The van der Waals surface area contributed by atoms with Gasteiger partial charge in [0.05, 0.1) is 37.1 Å². The van der Waals surface area contributed by atoms with Gasteiger partial charge < -0.3 is 20.7 Å². The van der Waals surface area contributed by atoms with Gasteiger partial charge in [0.15, 0.2) is 0 Å². The molecule has 0 saturated carbocycles. The zero-order chi connectivity index (χ0) is 20.3. The van der Waals surface area contributed by atoms with E-state index < -0.39 is 11.5 Å². The molecule has 0 amide bonds. The highest BCUT2D eigenvalue weighted by molar-refractivity contribution is 5.84. The molecule has 1 aromatic heterocycles. The fourth-order valence-electron chi connectivity index (χ4n) is 2.86. The Labute approximate surface area is 163 Å². The van der Waals surface area contributed by atoms with E-state index in [0.717, 1.165) is 0 Å². The van der Waals surface area contributed by atoms with Gasteiger partial charge in [0.1, 0.15) is 17.0 Å². The van der Waals surface area contributed by atoms with Crippen LogP contribution in [0, 0.1) is 5.41 Å². The van der Waals surface area contributed by atoms with Crippen molar-refractivity contribution in [2.45, 2.75) is 19.9 Å². The Kier molecular flexibility index (Phi) is 5.79. The molecule has 3 aromatic rings. The summed E-state index contributed by atoms with van der Waals surface area (Å²) < 4.78 is 7.33. The van der Waals surface area contributed by atoms with Crippen LogP contribution in [0.4, 0.5) is 0 Å². The first-order valence-electron chi connectivity index (χ1n) is 9.11. The summed E-state index contributed by atoms with van der Waals surface area (Å²) in [6.07, 6.45) is 0. The summed E-state index contributed by atoms with van der Waals surface area (Å²) in [4.78, 5) is 18.0. The first-order valence-corrected chi connectivity index (χ1v) is 9.11. The summed E-state index contributed by atoms with van der Waals surface area (Å²) >= 11 is 0. The average molecular weight is 383 g/mol. The lowest BCUT2D eigenvalue weighted by atomic mass is 9.94. The Morgan fingerprint density at radius 2 is 1.82 bits per heavy atom. The van der Waals surface area contributed by atoms with Gasteiger partial charge in [-0.3, -0.25) is 9.36 Å². The molecular formula is C21H25N3O4. The van der Waals surface area contributed by atoms with E-state index in [0.29, 0.717) is 28.2 Å². The lowest BCUT2D eigenvalue weighted by molar-refractivity contribution is 0.0291. The minimum Gasteiger partial charge on any atom is -0.492 e. The van der Waals surface area contributed by atoms with Crippen LogP contribution < -0.4 is 16.0 Å².